The first-order chi connectivity index (χ1) is 22.7. The van der Waals surface area contributed by atoms with Crippen LogP contribution in [0.25, 0.3) is 0 Å². The quantitative estimate of drug-likeness (QED) is 0.0469. The molecule has 0 aromatic rings. The molecule has 0 aromatic heterocycles. The van der Waals surface area contributed by atoms with Crippen LogP contribution in [0.3, 0.4) is 0 Å². The molecule has 0 radical (unpaired) electrons. The Hall–Kier alpha value is 0.151. The highest BCUT2D eigenvalue weighted by Gasteiger charge is 2.48. The van der Waals surface area contributed by atoms with E-state index in [1.807, 2.05) is 0 Å². The van der Waals surface area contributed by atoms with Gasteiger partial charge in [-0.1, -0.05) is 33.0 Å². The van der Waals surface area contributed by atoms with Crippen LogP contribution in [-0.4, -0.2) is 172 Å². The molecular formula is C31H72N2O12S2Si3. The van der Waals surface area contributed by atoms with Crippen molar-refractivity contribution in [1.82, 2.24) is 9.80 Å². The molecule has 0 aliphatic rings. The third-order valence-corrected chi connectivity index (χ3v) is 21.8. The Labute approximate surface area is 307 Å². The number of aliphatic hydroxyl groups is 2. The maximum atomic E-state index is 10.9. The molecule has 0 aliphatic heterocycles. The van der Waals surface area contributed by atoms with Gasteiger partial charge in [0.2, 0.25) is 8.32 Å². The Morgan fingerprint density at radius 2 is 1.16 bits per heavy atom. The number of hydrogen-bond acceptors (Lipinski definition) is 12. The zero-order chi connectivity index (χ0) is 39.0. The molecule has 0 spiro atoms. The van der Waals surface area contributed by atoms with Crippen molar-refractivity contribution in [3.8, 4) is 0 Å². The molecular weight excluding hydrogens is 741 g/mol. The molecule has 0 saturated carbocycles. The molecule has 4 atom stereocenters. The van der Waals surface area contributed by atoms with Crippen LogP contribution in [0, 0.1) is 0 Å². The van der Waals surface area contributed by atoms with Gasteiger partial charge in [0.25, 0.3) is 20.2 Å². The van der Waals surface area contributed by atoms with E-state index in [2.05, 4.69) is 60.1 Å². The molecule has 0 aliphatic carbocycles. The van der Waals surface area contributed by atoms with E-state index >= 15 is 0 Å². The molecule has 0 heterocycles. The third kappa shape index (κ3) is 22.4. The van der Waals surface area contributed by atoms with Crippen LogP contribution in [0.15, 0.2) is 0 Å². The summed E-state index contributed by atoms with van der Waals surface area (Å²) >= 11 is 0. The Kier molecular flexibility index (Phi) is 22.6. The van der Waals surface area contributed by atoms with Gasteiger partial charge in [-0.2, -0.15) is 16.8 Å². The van der Waals surface area contributed by atoms with Gasteiger partial charge in [-0.25, -0.2) is 0 Å². The van der Waals surface area contributed by atoms with Gasteiger partial charge in [0.1, 0.15) is 0 Å². The summed E-state index contributed by atoms with van der Waals surface area (Å²) in [7, 11) is -11.0. The summed E-state index contributed by atoms with van der Waals surface area (Å²) in [6, 6.07) is 1.90. The van der Waals surface area contributed by atoms with Crippen LogP contribution in [-0.2, 0) is 38.6 Å². The number of likely N-dealkylation sites (N-methyl/N-ethyl adjacent to an activating group) is 2. The van der Waals surface area contributed by atoms with Crippen LogP contribution in [0.2, 0.25) is 51.4 Å². The lowest BCUT2D eigenvalue weighted by Gasteiger charge is -2.49. The Balaban J connectivity index is 4.88. The largest absolute Gasteiger partial charge is 0.415 e. The van der Waals surface area contributed by atoms with Gasteiger partial charge < -0.3 is 38.3 Å². The van der Waals surface area contributed by atoms with Crippen molar-refractivity contribution in [3.63, 3.8) is 0 Å². The highest BCUT2D eigenvalue weighted by Crippen LogP contribution is 2.37. The van der Waals surface area contributed by atoms with Crippen molar-refractivity contribution in [3.05, 3.63) is 0 Å². The Morgan fingerprint density at radius 3 is 1.54 bits per heavy atom. The van der Waals surface area contributed by atoms with E-state index in [0.717, 1.165) is 37.8 Å². The van der Waals surface area contributed by atoms with Crippen LogP contribution in [0.4, 0.5) is 0 Å². The first-order valence-electron chi connectivity index (χ1n) is 17.8. The molecule has 0 rings (SSSR count). The predicted molar refractivity (Wildman–Crippen MR) is 208 cm³/mol. The van der Waals surface area contributed by atoms with Gasteiger partial charge in [0, 0.05) is 44.6 Å². The average Bonchev–Trinajstić information content (AvgIpc) is 2.96. The standard InChI is InChI=1S/C31H72N2O12S2Si3/c1-12-30(44-49(8,9)23-15-19-43-27-29(35)25-33(5)17-21-47(39,40)41)50(10,11)45-31(3,13-2)48(6,7)22-14-18-42-26-28(34)24-32(4)16-20-46(36,37)38/h28-30,34-35H,12-27H2,1-11H3,(H,36,37,38)(H,39,40,41)/t28?,29?,30?,31-/m1/s1. The van der Waals surface area contributed by atoms with E-state index in [9.17, 15) is 27.0 Å². The monoisotopic (exact) mass is 812 g/mol. The van der Waals surface area contributed by atoms with Crippen LogP contribution in [0.1, 0.15) is 46.5 Å². The van der Waals surface area contributed by atoms with Crippen molar-refractivity contribution in [1.29, 1.82) is 0 Å². The zero-order valence-corrected chi connectivity index (χ0v) is 37.4. The SMILES string of the molecule is CCC(O[Si](C)(C)CCCOCC(O)CN(C)CCS(=O)(=O)O)[Si](C)(C)O[C@@](C)(CC)[Si](C)(C)CCCOCC(O)CN(C)CCS(=O)(=O)O. The first kappa shape index (κ1) is 50.2. The highest BCUT2D eigenvalue weighted by molar-refractivity contribution is 7.86. The molecule has 0 amide bonds. The van der Waals surface area contributed by atoms with Gasteiger partial charge >= 0.3 is 0 Å². The fraction of sp³-hybridized carbons (Fsp3) is 1.00. The zero-order valence-electron chi connectivity index (χ0n) is 32.8. The number of nitrogens with zero attached hydrogens (tertiary/aromatic N) is 2. The fourth-order valence-electron chi connectivity index (χ4n) is 5.97. The van der Waals surface area contributed by atoms with Crippen LogP contribution >= 0.6 is 0 Å². The van der Waals surface area contributed by atoms with Crippen molar-refractivity contribution in [2.24, 2.45) is 0 Å². The minimum absolute atomic E-state index is 0.0429. The topological polar surface area (TPSA) is 193 Å². The third-order valence-electron chi connectivity index (χ3n) is 9.49. The molecule has 3 unspecified atom stereocenters. The molecule has 0 fully saturated rings. The minimum Gasteiger partial charge on any atom is -0.415 e. The van der Waals surface area contributed by atoms with E-state index < -0.39 is 57.2 Å². The van der Waals surface area contributed by atoms with E-state index in [0.29, 0.717) is 13.2 Å². The van der Waals surface area contributed by atoms with E-state index in [1.165, 1.54) is 0 Å². The first-order valence-corrected chi connectivity index (χ1v) is 30.4. The van der Waals surface area contributed by atoms with Crippen molar-refractivity contribution < 1.29 is 54.5 Å². The lowest BCUT2D eigenvalue weighted by atomic mass is 10.3. The number of ether oxygens (including phenoxy) is 2. The normalized spacial score (nSPS) is 16.9. The van der Waals surface area contributed by atoms with Crippen molar-refractivity contribution in [2.45, 2.75) is 121 Å². The summed E-state index contributed by atoms with van der Waals surface area (Å²) in [6.45, 7) is 22.4. The maximum Gasteiger partial charge on any atom is 0.266 e. The van der Waals surface area contributed by atoms with Crippen molar-refractivity contribution >= 4 is 44.9 Å². The Morgan fingerprint density at radius 1 is 0.740 bits per heavy atom. The number of rotatable bonds is 30. The second kappa shape index (κ2) is 22.5. The second-order valence-electron chi connectivity index (χ2n) is 15.7. The summed E-state index contributed by atoms with van der Waals surface area (Å²) in [4.78, 5) is 3.29. The number of aliphatic hydroxyl groups excluding tert-OH is 2. The molecule has 14 nitrogen and oxygen atoms in total. The van der Waals surface area contributed by atoms with E-state index in [4.69, 9.17) is 27.4 Å². The molecule has 302 valence electrons. The van der Waals surface area contributed by atoms with E-state index in [-0.39, 0.29) is 61.9 Å². The van der Waals surface area contributed by atoms with Crippen LogP contribution < -0.4 is 0 Å². The Bertz CT molecular complexity index is 1170. The van der Waals surface area contributed by atoms with Crippen LogP contribution in [0.5, 0.6) is 0 Å². The van der Waals surface area contributed by atoms with E-state index in [1.54, 1.807) is 23.9 Å². The average molecular weight is 813 g/mol. The summed E-state index contributed by atoms with van der Waals surface area (Å²) in [5.74, 6) is -0.760. The predicted octanol–water partition coefficient (Wildman–Crippen LogP) is 3.34. The highest BCUT2D eigenvalue weighted by atomic mass is 32.2. The van der Waals surface area contributed by atoms with Gasteiger partial charge in [-0.15, -0.1) is 0 Å². The van der Waals surface area contributed by atoms with Gasteiger partial charge in [-0.3, -0.25) is 9.11 Å². The smallest absolute Gasteiger partial charge is 0.266 e. The molecule has 19 heteroatoms. The molecule has 4 N–H and O–H groups in total. The maximum absolute atomic E-state index is 10.9. The lowest BCUT2D eigenvalue weighted by Crippen LogP contribution is -2.62. The van der Waals surface area contributed by atoms with Crippen molar-refractivity contribution in [2.75, 3.05) is 78.2 Å². The fourth-order valence-corrected chi connectivity index (χ4v) is 18.0. The lowest BCUT2D eigenvalue weighted by molar-refractivity contribution is 0.0215. The molecule has 50 heavy (non-hydrogen) atoms. The van der Waals surface area contributed by atoms with Gasteiger partial charge in [0.05, 0.1) is 50.7 Å². The van der Waals surface area contributed by atoms with Gasteiger partial charge in [0.15, 0.2) is 8.32 Å². The summed E-state index contributed by atoms with van der Waals surface area (Å²) in [6.07, 6.45) is 1.91. The van der Waals surface area contributed by atoms with Gasteiger partial charge in [-0.05, 0) is 78.9 Å². The number of hydrogen-bond donors (Lipinski definition) is 4. The summed E-state index contributed by atoms with van der Waals surface area (Å²) < 4.78 is 87.1. The second-order valence-corrected chi connectivity index (χ2v) is 32.5. The molecule has 0 aromatic carbocycles. The summed E-state index contributed by atoms with van der Waals surface area (Å²) in [5, 5.41) is 20.3. The minimum atomic E-state index is -4.04. The molecule has 0 saturated heterocycles. The summed E-state index contributed by atoms with van der Waals surface area (Å²) in [5.41, 5.74) is 0.0429. The molecule has 0 bridgehead atoms.